The lowest BCUT2D eigenvalue weighted by molar-refractivity contribution is -0.117. The first kappa shape index (κ1) is 31.7. The van der Waals surface area contributed by atoms with E-state index in [1.807, 2.05) is 72.3 Å². The molecule has 0 saturated heterocycles. The Morgan fingerprint density at radius 2 is 1.52 bits per heavy atom. The molecule has 0 aliphatic rings. The van der Waals surface area contributed by atoms with E-state index < -0.39 is 17.8 Å². The molecule has 2 amide bonds. The van der Waals surface area contributed by atoms with Gasteiger partial charge in [-0.15, -0.1) is 0 Å². The summed E-state index contributed by atoms with van der Waals surface area (Å²) in [6.45, 7) is 2.48. The van der Waals surface area contributed by atoms with Gasteiger partial charge in [-0.25, -0.2) is 9.59 Å². The molecule has 0 radical (unpaired) electrons. The number of carbonyl (C=O) groups is 4. The van der Waals surface area contributed by atoms with E-state index in [1.165, 1.54) is 24.3 Å². The number of aryl methyl sites for hydroxylation is 3. The summed E-state index contributed by atoms with van der Waals surface area (Å²) in [4.78, 5) is 55.4. The molecule has 0 spiro atoms. The maximum absolute atomic E-state index is 13.3. The number of hydrogen-bond donors (Lipinski definition) is 3. The van der Waals surface area contributed by atoms with Gasteiger partial charge in [0.05, 0.1) is 28.0 Å². The van der Waals surface area contributed by atoms with Crippen molar-refractivity contribution >= 4 is 56.9 Å². The first-order valence-corrected chi connectivity index (χ1v) is 15.4. The second-order valence-electron chi connectivity index (χ2n) is 11.4. The highest BCUT2D eigenvalue weighted by Gasteiger charge is 2.19. The van der Waals surface area contributed by atoms with Crippen molar-refractivity contribution < 1.29 is 29.0 Å². The number of hydrogen-bond acceptors (Lipinski definition) is 6. The molecule has 6 rings (SSSR count). The quantitative estimate of drug-likeness (QED) is 0.102. The van der Waals surface area contributed by atoms with Crippen LogP contribution in [0.1, 0.15) is 44.7 Å². The molecule has 2 aromatic heterocycles. The number of aromatic nitrogens is 2. The Kier molecular flexibility index (Phi) is 9.24. The number of fused-ring (bicyclic) bond motifs is 2. The zero-order valence-electron chi connectivity index (χ0n) is 26.1. The summed E-state index contributed by atoms with van der Waals surface area (Å²) in [6, 6.07) is 28.0. The molecule has 3 N–H and O–H groups in total. The number of nitrogens with zero attached hydrogens (tertiary/aromatic N) is 2. The van der Waals surface area contributed by atoms with Crippen molar-refractivity contribution in [2.45, 2.75) is 32.7 Å². The number of benzene rings is 4. The third-order valence-electron chi connectivity index (χ3n) is 7.98. The molecule has 0 atom stereocenters. The van der Waals surface area contributed by atoms with Gasteiger partial charge >= 0.3 is 11.9 Å². The summed E-state index contributed by atoms with van der Waals surface area (Å²) < 4.78 is 7.61. The van der Waals surface area contributed by atoms with E-state index in [0.717, 1.165) is 32.9 Å². The van der Waals surface area contributed by atoms with Crippen molar-refractivity contribution in [1.29, 1.82) is 0 Å². The number of rotatable bonds is 11. The van der Waals surface area contributed by atoms with E-state index in [4.69, 9.17) is 4.74 Å². The largest absolute Gasteiger partial charge is 0.478 e. The zero-order valence-corrected chi connectivity index (χ0v) is 26.1. The van der Waals surface area contributed by atoms with Crippen LogP contribution < -0.4 is 15.4 Å². The lowest BCUT2D eigenvalue weighted by Crippen LogP contribution is -2.18. The van der Waals surface area contributed by atoms with E-state index in [0.29, 0.717) is 13.0 Å². The van der Waals surface area contributed by atoms with Gasteiger partial charge in [0.1, 0.15) is 5.75 Å². The van der Waals surface area contributed by atoms with Crippen LogP contribution in [0.2, 0.25) is 0 Å². The third-order valence-corrected chi connectivity index (χ3v) is 7.98. The lowest BCUT2D eigenvalue weighted by Gasteiger charge is -2.13. The van der Waals surface area contributed by atoms with Gasteiger partial charge in [0, 0.05) is 54.1 Å². The van der Waals surface area contributed by atoms with E-state index >= 15 is 0 Å². The van der Waals surface area contributed by atoms with Gasteiger partial charge in [-0.3, -0.25) is 14.6 Å². The fourth-order valence-electron chi connectivity index (χ4n) is 5.58. The summed E-state index contributed by atoms with van der Waals surface area (Å²) in [5, 5.41) is 17.3. The number of aromatic carboxylic acids is 1. The fraction of sp³-hybridized carbons (Fsp3) is 0.132. The number of carboxylic acids is 1. The molecular formula is C38H32N4O6. The van der Waals surface area contributed by atoms with Crippen molar-refractivity contribution in [1.82, 2.24) is 9.55 Å². The zero-order chi connectivity index (χ0) is 33.6. The maximum atomic E-state index is 13.3. The van der Waals surface area contributed by atoms with Crippen molar-refractivity contribution in [3.8, 4) is 5.75 Å². The SMILES string of the molecule is Cc1cn(CCC(=O)Nc2ccccc2C(=O)Oc2ccc(C(=O)O)c(NC(=O)CCc3cnc4ccccc4c3)c2)c2ccccc12. The molecule has 0 aliphatic carbocycles. The molecule has 10 nitrogen and oxygen atoms in total. The predicted molar refractivity (Wildman–Crippen MR) is 183 cm³/mol. The molecule has 0 bridgehead atoms. The topological polar surface area (TPSA) is 140 Å². The van der Waals surface area contributed by atoms with E-state index in [2.05, 4.69) is 15.6 Å². The van der Waals surface area contributed by atoms with Crippen molar-refractivity contribution in [2.24, 2.45) is 0 Å². The van der Waals surface area contributed by atoms with Crippen LogP contribution >= 0.6 is 0 Å². The number of anilines is 2. The number of para-hydroxylation sites is 3. The van der Waals surface area contributed by atoms with Crippen LogP contribution in [0.15, 0.2) is 109 Å². The number of amides is 2. The van der Waals surface area contributed by atoms with Crippen LogP contribution in [0.25, 0.3) is 21.8 Å². The van der Waals surface area contributed by atoms with Crippen LogP contribution in [0.3, 0.4) is 0 Å². The predicted octanol–water partition coefficient (Wildman–Crippen LogP) is 7.02. The Labute approximate surface area is 276 Å². The molecule has 10 heteroatoms. The van der Waals surface area contributed by atoms with Crippen molar-refractivity contribution in [2.75, 3.05) is 10.6 Å². The monoisotopic (exact) mass is 640 g/mol. The Bertz CT molecular complexity index is 2190. The van der Waals surface area contributed by atoms with Crippen LogP contribution in [0, 0.1) is 6.92 Å². The normalized spacial score (nSPS) is 10.9. The summed E-state index contributed by atoms with van der Waals surface area (Å²) in [6.07, 6.45) is 4.38. The number of ether oxygens (including phenoxy) is 1. The molecule has 0 saturated carbocycles. The van der Waals surface area contributed by atoms with Crippen molar-refractivity contribution in [3.63, 3.8) is 0 Å². The minimum atomic E-state index is -1.25. The molecule has 2 heterocycles. The highest BCUT2D eigenvalue weighted by atomic mass is 16.5. The number of carboxylic acid groups (broad SMARTS) is 1. The standard InChI is InChI=1S/C38H32N4O6/c1-24-23-42(34-13-7-4-9-28(24)34)19-18-36(44)40-32-12-6-3-10-30(32)38(47)48-27-15-16-29(37(45)46)33(21-27)41-35(43)17-14-25-20-26-8-2-5-11-31(26)39-22-25/h2-13,15-16,20-23H,14,17-19H2,1H3,(H,40,44)(H,41,43)(H,45,46). The average Bonchev–Trinajstić information content (AvgIpc) is 3.41. The molecule has 4 aromatic carbocycles. The Hall–Kier alpha value is -6.29. The van der Waals surface area contributed by atoms with Crippen molar-refractivity contribution in [3.05, 3.63) is 132 Å². The van der Waals surface area contributed by atoms with E-state index in [1.54, 1.807) is 24.4 Å². The third kappa shape index (κ3) is 7.23. The first-order chi connectivity index (χ1) is 23.2. The van der Waals surface area contributed by atoms with Crippen LogP contribution in [0.4, 0.5) is 11.4 Å². The number of pyridine rings is 1. The highest BCUT2D eigenvalue weighted by Crippen LogP contribution is 2.26. The van der Waals surface area contributed by atoms with E-state index in [9.17, 15) is 24.3 Å². The van der Waals surface area contributed by atoms with Crippen LogP contribution in [0.5, 0.6) is 5.75 Å². The Balaban J connectivity index is 1.10. The van der Waals surface area contributed by atoms with Gasteiger partial charge in [0.25, 0.3) is 0 Å². The average molecular weight is 641 g/mol. The van der Waals surface area contributed by atoms with Gasteiger partial charge in [-0.05, 0) is 66.9 Å². The second kappa shape index (κ2) is 14.0. The molecule has 0 unspecified atom stereocenters. The minimum Gasteiger partial charge on any atom is -0.478 e. The second-order valence-corrected chi connectivity index (χ2v) is 11.4. The minimum absolute atomic E-state index is 0.0104. The first-order valence-electron chi connectivity index (χ1n) is 15.4. The molecule has 0 aliphatic heterocycles. The number of nitrogens with one attached hydrogen (secondary N) is 2. The highest BCUT2D eigenvalue weighted by molar-refractivity contribution is 6.03. The Morgan fingerprint density at radius 1 is 0.792 bits per heavy atom. The maximum Gasteiger partial charge on any atom is 0.345 e. The van der Waals surface area contributed by atoms with Gasteiger partial charge in [-0.1, -0.05) is 48.5 Å². The molecule has 48 heavy (non-hydrogen) atoms. The summed E-state index contributed by atoms with van der Waals surface area (Å²) in [7, 11) is 0. The molecular weight excluding hydrogens is 608 g/mol. The van der Waals surface area contributed by atoms with Crippen LogP contribution in [-0.4, -0.2) is 38.4 Å². The molecule has 6 aromatic rings. The smallest absolute Gasteiger partial charge is 0.345 e. The number of esters is 1. The van der Waals surface area contributed by atoms with Gasteiger partial charge in [0.2, 0.25) is 11.8 Å². The Morgan fingerprint density at radius 3 is 2.38 bits per heavy atom. The van der Waals surface area contributed by atoms with E-state index in [-0.39, 0.29) is 47.0 Å². The molecule has 240 valence electrons. The molecule has 0 fully saturated rings. The van der Waals surface area contributed by atoms with Gasteiger partial charge < -0.3 is 25.0 Å². The van der Waals surface area contributed by atoms with Gasteiger partial charge in [0.15, 0.2) is 0 Å². The number of carbonyl (C=O) groups excluding carboxylic acids is 3. The fourth-order valence-corrected chi connectivity index (χ4v) is 5.58. The summed E-state index contributed by atoms with van der Waals surface area (Å²) >= 11 is 0. The lowest BCUT2D eigenvalue weighted by atomic mass is 10.1. The van der Waals surface area contributed by atoms with Gasteiger partial charge in [-0.2, -0.15) is 0 Å². The summed E-state index contributed by atoms with van der Waals surface area (Å²) in [5.41, 5.74) is 4.10. The van der Waals surface area contributed by atoms with Crippen LogP contribution in [-0.2, 0) is 22.6 Å². The summed E-state index contributed by atoms with van der Waals surface area (Å²) in [5.74, 6) is -2.68.